The molecule has 1 aliphatic carbocycles. The highest BCUT2D eigenvalue weighted by atomic mass is 16.5. The van der Waals surface area contributed by atoms with Crippen molar-refractivity contribution in [2.45, 2.75) is 19.3 Å². The molecule has 1 saturated carbocycles. The standard InChI is InChI=1S/C11H16N2O/c1-14-10-6-3-7-12-11(10)13-8-9-4-2-5-9/h3,6-7,9H,2,4-5,8H2,1H3,(H,12,13). The predicted molar refractivity (Wildman–Crippen MR) is 56.6 cm³/mol. The first-order valence-electron chi connectivity index (χ1n) is 5.13. The quantitative estimate of drug-likeness (QED) is 0.794. The molecule has 1 aliphatic rings. The SMILES string of the molecule is COc1cccnc1NCC1CCC1. The lowest BCUT2D eigenvalue weighted by molar-refractivity contribution is 0.332. The van der Waals surface area contributed by atoms with Gasteiger partial charge < -0.3 is 10.1 Å². The number of nitrogens with zero attached hydrogens (tertiary/aromatic N) is 1. The summed E-state index contributed by atoms with van der Waals surface area (Å²) in [5, 5.41) is 3.33. The molecule has 1 aromatic heterocycles. The van der Waals surface area contributed by atoms with E-state index in [0.29, 0.717) is 0 Å². The molecule has 0 amide bonds. The Balaban J connectivity index is 1.93. The van der Waals surface area contributed by atoms with Gasteiger partial charge in [-0.25, -0.2) is 4.98 Å². The van der Waals surface area contributed by atoms with Crippen LogP contribution in [0.5, 0.6) is 5.75 Å². The first-order chi connectivity index (χ1) is 6.90. The number of hydrogen-bond donors (Lipinski definition) is 1. The molecule has 0 atom stereocenters. The van der Waals surface area contributed by atoms with Gasteiger partial charge in [0.05, 0.1) is 7.11 Å². The zero-order valence-electron chi connectivity index (χ0n) is 8.49. The molecule has 0 aromatic carbocycles. The van der Waals surface area contributed by atoms with E-state index < -0.39 is 0 Å². The van der Waals surface area contributed by atoms with E-state index in [-0.39, 0.29) is 0 Å². The summed E-state index contributed by atoms with van der Waals surface area (Å²) in [5.74, 6) is 2.52. The van der Waals surface area contributed by atoms with Gasteiger partial charge in [0.1, 0.15) is 0 Å². The Morgan fingerprint density at radius 3 is 3.07 bits per heavy atom. The summed E-state index contributed by atoms with van der Waals surface area (Å²) in [6.07, 6.45) is 5.86. The second kappa shape index (κ2) is 4.31. The molecule has 0 saturated heterocycles. The summed E-state index contributed by atoms with van der Waals surface area (Å²) in [5.41, 5.74) is 0. The molecule has 14 heavy (non-hydrogen) atoms. The molecule has 1 aromatic rings. The summed E-state index contributed by atoms with van der Waals surface area (Å²) < 4.78 is 5.20. The smallest absolute Gasteiger partial charge is 0.168 e. The molecule has 0 spiro atoms. The minimum absolute atomic E-state index is 0.826. The van der Waals surface area contributed by atoms with Gasteiger partial charge in [0, 0.05) is 12.7 Å². The largest absolute Gasteiger partial charge is 0.493 e. The van der Waals surface area contributed by atoms with Crippen molar-refractivity contribution in [1.29, 1.82) is 0 Å². The van der Waals surface area contributed by atoms with E-state index in [9.17, 15) is 0 Å². The average Bonchev–Trinajstić information content (AvgIpc) is 2.16. The Bertz CT molecular complexity index is 297. The number of aromatic nitrogens is 1. The lowest BCUT2D eigenvalue weighted by atomic mass is 9.85. The second-order valence-corrected chi connectivity index (χ2v) is 3.73. The van der Waals surface area contributed by atoms with Gasteiger partial charge in [0.25, 0.3) is 0 Å². The molecule has 1 heterocycles. The van der Waals surface area contributed by atoms with Crippen LogP contribution in [-0.4, -0.2) is 18.6 Å². The van der Waals surface area contributed by atoms with E-state index in [1.165, 1.54) is 19.3 Å². The number of ether oxygens (including phenoxy) is 1. The third-order valence-corrected chi connectivity index (χ3v) is 2.77. The van der Waals surface area contributed by atoms with Crippen molar-refractivity contribution in [1.82, 2.24) is 4.98 Å². The summed E-state index contributed by atoms with van der Waals surface area (Å²) in [4.78, 5) is 4.24. The summed E-state index contributed by atoms with van der Waals surface area (Å²) in [6, 6.07) is 3.81. The van der Waals surface area contributed by atoms with Crippen molar-refractivity contribution in [2.24, 2.45) is 5.92 Å². The number of rotatable bonds is 4. The number of nitrogens with one attached hydrogen (secondary N) is 1. The Hall–Kier alpha value is -1.25. The molecule has 0 aliphatic heterocycles. The van der Waals surface area contributed by atoms with Crippen LogP contribution >= 0.6 is 0 Å². The Kier molecular flexibility index (Phi) is 2.87. The minimum atomic E-state index is 0.826. The van der Waals surface area contributed by atoms with Crippen LogP contribution in [0, 0.1) is 5.92 Å². The van der Waals surface area contributed by atoms with Gasteiger partial charge in [-0.05, 0) is 30.9 Å². The molecule has 2 rings (SSSR count). The van der Waals surface area contributed by atoms with Crippen LogP contribution < -0.4 is 10.1 Å². The number of anilines is 1. The highest BCUT2D eigenvalue weighted by Gasteiger charge is 2.17. The van der Waals surface area contributed by atoms with Crippen LogP contribution in [0.2, 0.25) is 0 Å². The van der Waals surface area contributed by atoms with Crippen LogP contribution in [0.1, 0.15) is 19.3 Å². The lowest BCUT2D eigenvalue weighted by Crippen LogP contribution is -2.21. The van der Waals surface area contributed by atoms with Gasteiger partial charge in [-0.2, -0.15) is 0 Å². The van der Waals surface area contributed by atoms with Gasteiger partial charge >= 0.3 is 0 Å². The molecular weight excluding hydrogens is 176 g/mol. The van der Waals surface area contributed by atoms with E-state index in [1.807, 2.05) is 12.1 Å². The maximum atomic E-state index is 5.20. The lowest BCUT2D eigenvalue weighted by Gasteiger charge is -2.25. The summed E-state index contributed by atoms with van der Waals surface area (Å²) in [7, 11) is 1.67. The maximum Gasteiger partial charge on any atom is 0.168 e. The van der Waals surface area contributed by atoms with Crippen molar-refractivity contribution in [2.75, 3.05) is 19.0 Å². The summed E-state index contributed by atoms with van der Waals surface area (Å²) in [6.45, 7) is 1.02. The van der Waals surface area contributed by atoms with E-state index in [1.54, 1.807) is 13.3 Å². The molecule has 3 nitrogen and oxygen atoms in total. The normalized spacial score (nSPS) is 16.1. The Labute approximate surface area is 84.5 Å². The predicted octanol–water partition coefficient (Wildman–Crippen LogP) is 2.30. The van der Waals surface area contributed by atoms with Crippen molar-refractivity contribution in [3.05, 3.63) is 18.3 Å². The van der Waals surface area contributed by atoms with Gasteiger partial charge in [0.2, 0.25) is 0 Å². The van der Waals surface area contributed by atoms with Gasteiger partial charge in [-0.1, -0.05) is 6.42 Å². The van der Waals surface area contributed by atoms with Gasteiger partial charge in [-0.3, -0.25) is 0 Å². The zero-order chi connectivity index (χ0) is 9.80. The zero-order valence-corrected chi connectivity index (χ0v) is 8.49. The van der Waals surface area contributed by atoms with E-state index >= 15 is 0 Å². The highest BCUT2D eigenvalue weighted by molar-refractivity contribution is 5.49. The summed E-state index contributed by atoms with van der Waals surface area (Å²) >= 11 is 0. The second-order valence-electron chi connectivity index (χ2n) is 3.73. The highest BCUT2D eigenvalue weighted by Crippen LogP contribution is 2.27. The fourth-order valence-corrected chi connectivity index (χ4v) is 1.63. The fraction of sp³-hybridized carbons (Fsp3) is 0.545. The molecule has 3 heteroatoms. The molecule has 76 valence electrons. The molecular formula is C11H16N2O. The fourth-order valence-electron chi connectivity index (χ4n) is 1.63. The molecule has 0 bridgehead atoms. The first kappa shape index (κ1) is 9.31. The number of methoxy groups -OCH3 is 1. The molecule has 0 unspecified atom stereocenters. The molecule has 1 fully saturated rings. The average molecular weight is 192 g/mol. The third-order valence-electron chi connectivity index (χ3n) is 2.77. The van der Waals surface area contributed by atoms with Crippen LogP contribution in [0.15, 0.2) is 18.3 Å². The van der Waals surface area contributed by atoms with Gasteiger partial charge in [-0.15, -0.1) is 0 Å². The molecule has 0 radical (unpaired) electrons. The van der Waals surface area contributed by atoms with Crippen LogP contribution in [0.4, 0.5) is 5.82 Å². The monoisotopic (exact) mass is 192 g/mol. The number of hydrogen-bond acceptors (Lipinski definition) is 3. The Morgan fingerprint density at radius 2 is 2.43 bits per heavy atom. The number of pyridine rings is 1. The van der Waals surface area contributed by atoms with E-state index in [0.717, 1.165) is 24.0 Å². The van der Waals surface area contributed by atoms with Gasteiger partial charge in [0.15, 0.2) is 11.6 Å². The van der Waals surface area contributed by atoms with E-state index in [4.69, 9.17) is 4.74 Å². The first-order valence-corrected chi connectivity index (χ1v) is 5.13. The molecule has 1 N–H and O–H groups in total. The van der Waals surface area contributed by atoms with E-state index in [2.05, 4.69) is 10.3 Å². The maximum absolute atomic E-state index is 5.20. The van der Waals surface area contributed by atoms with Crippen molar-refractivity contribution in [3.8, 4) is 5.75 Å². The van der Waals surface area contributed by atoms with Crippen molar-refractivity contribution < 1.29 is 4.74 Å². The topological polar surface area (TPSA) is 34.1 Å². The Morgan fingerprint density at radius 1 is 1.57 bits per heavy atom. The minimum Gasteiger partial charge on any atom is -0.493 e. The van der Waals surface area contributed by atoms with Crippen molar-refractivity contribution >= 4 is 5.82 Å². The van der Waals surface area contributed by atoms with Crippen LogP contribution in [0.25, 0.3) is 0 Å². The van der Waals surface area contributed by atoms with Crippen LogP contribution in [0.3, 0.4) is 0 Å². The third kappa shape index (κ3) is 1.97. The van der Waals surface area contributed by atoms with Crippen LogP contribution in [-0.2, 0) is 0 Å². The van der Waals surface area contributed by atoms with Crippen molar-refractivity contribution in [3.63, 3.8) is 0 Å².